The van der Waals surface area contributed by atoms with Crippen LogP contribution in [0.3, 0.4) is 0 Å². The van der Waals surface area contributed by atoms with E-state index in [0.717, 1.165) is 6.08 Å². The van der Waals surface area contributed by atoms with E-state index in [2.05, 4.69) is 10.1 Å². The number of anilines is 2. The summed E-state index contributed by atoms with van der Waals surface area (Å²) in [6, 6.07) is 11.0. The van der Waals surface area contributed by atoms with Crippen molar-refractivity contribution in [3.63, 3.8) is 0 Å². The number of esters is 1. The van der Waals surface area contributed by atoms with E-state index in [9.17, 15) is 23.2 Å². The molecule has 0 saturated heterocycles. The van der Waals surface area contributed by atoms with Gasteiger partial charge in [-0.3, -0.25) is 14.5 Å². The molecule has 3 rings (SSSR count). The van der Waals surface area contributed by atoms with Crippen molar-refractivity contribution in [1.29, 1.82) is 0 Å². The zero-order valence-electron chi connectivity index (χ0n) is 17.9. The topological polar surface area (TPSA) is 94.2 Å². The molecule has 0 radical (unpaired) electrons. The molecule has 1 aliphatic heterocycles. The van der Waals surface area contributed by atoms with Gasteiger partial charge in [-0.05, 0) is 49.8 Å². The average molecular weight is 460 g/mol. The minimum atomic E-state index is -3.00. The number of nitrogens with one attached hydrogen (secondary N) is 1. The Balaban J connectivity index is 1.66. The normalized spacial score (nSPS) is 14.0. The van der Waals surface area contributed by atoms with E-state index >= 15 is 0 Å². The number of hydrogen-bond acceptors (Lipinski definition) is 6. The summed E-state index contributed by atoms with van der Waals surface area (Å²) < 4.78 is 39.9. The van der Waals surface area contributed by atoms with E-state index in [-0.39, 0.29) is 30.6 Å². The summed E-state index contributed by atoms with van der Waals surface area (Å²) in [4.78, 5) is 38.2. The molecule has 0 saturated carbocycles. The molecule has 1 atom stereocenters. The lowest BCUT2D eigenvalue weighted by molar-refractivity contribution is -0.149. The molecule has 2 aromatic rings. The van der Waals surface area contributed by atoms with Gasteiger partial charge in [0.25, 0.3) is 5.91 Å². The Morgan fingerprint density at radius 3 is 2.67 bits per heavy atom. The van der Waals surface area contributed by atoms with Crippen LogP contribution in [0.2, 0.25) is 0 Å². The van der Waals surface area contributed by atoms with E-state index in [1.54, 1.807) is 31.2 Å². The van der Waals surface area contributed by atoms with Crippen molar-refractivity contribution in [3.8, 4) is 11.5 Å². The summed E-state index contributed by atoms with van der Waals surface area (Å²) in [5.41, 5.74) is 1.47. The van der Waals surface area contributed by atoms with E-state index in [0.29, 0.717) is 16.9 Å². The number of amides is 2. The van der Waals surface area contributed by atoms with Gasteiger partial charge >= 0.3 is 12.6 Å². The summed E-state index contributed by atoms with van der Waals surface area (Å²) in [6.07, 6.45) is 1.33. The van der Waals surface area contributed by atoms with Gasteiger partial charge in [-0.15, -0.1) is 0 Å². The standard InChI is InChI=1S/C23H22F2N2O6/c1-3-31-19-12-15(8-10-18(19)33-23(24)25)9-11-21(29)32-14(2)22(30)27-13-20(28)26-16-6-4-5-7-17(16)27/h4-12,14,23H,3,13H2,1-2H3,(H,26,28)/b11-9+/t14-/m0/s1. The van der Waals surface area contributed by atoms with E-state index in [1.807, 2.05) is 0 Å². The molecular weight excluding hydrogens is 438 g/mol. The lowest BCUT2D eigenvalue weighted by atomic mass is 10.1. The monoisotopic (exact) mass is 460 g/mol. The first kappa shape index (κ1) is 23.7. The van der Waals surface area contributed by atoms with Gasteiger partial charge in [0.1, 0.15) is 6.54 Å². The maximum atomic E-state index is 12.8. The van der Waals surface area contributed by atoms with Crippen LogP contribution in [0.15, 0.2) is 48.5 Å². The number of hydrogen-bond donors (Lipinski definition) is 1. The minimum Gasteiger partial charge on any atom is -0.490 e. The van der Waals surface area contributed by atoms with Crippen LogP contribution in [0.25, 0.3) is 6.08 Å². The molecule has 10 heteroatoms. The Morgan fingerprint density at radius 2 is 1.94 bits per heavy atom. The number of benzene rings is 2. The second-order valence-electron chi connectivity index (χ2n) is 6.92. The predicted molar refractivity (Wildman–Crippen MR) is 116 cm³/mol. The van der Waals surface area contributed by atoms with Gasteiger partial charge in [-0.1, -0.05) is 18.2 Å². The fourth-order valence-corrected chi connectivity index (χ4v) is 3.17. The summed E-state index contributed by atoms with van der Waals surface area (Å²) in [7, 11) is 0. The number of para-hydroxylation sites is 2. The van der Waals surface area contributed by atoms with Gasteiger partial charge in [-0.25, -0.2) is 4.79 Å². The maximum absolute atomic E-state index is 12.8. The molecule has 0 spiro atoms. The second kappa shape index (κ2) is 10.6. The Morgan fingerprint density at radius 1 is 1.18 bits per heavy atom. The van der Waals surface area contributed by atoms with Crippen molar-refractivity contribution in [2.24, 2.45) is 0 Å². The number of ether oxygens (including phenoxy) is 3. The first-order chi connectivity index (χ1) is 15.8. The summed E-state index contributed by atoms with van der Waals surface area (Å²) >= 11 is 0. The van der Waals surface area contributed by atoms with E-state index in [4.69, 9.17) is 9.47 Å². The molecule has 2 aromatic carbocycles. The number of carbonyl (C=O) groups is 3. The number of alkyl halides is 2. The lowest BCUT2D eigenvalue weighted by Crippen LogP contribution is -2.46. The van der Waals surface area contributed by atoms with Crippen LogP contribution in [0.5, 0.6) is 11.5 Å². The Hall–Kier alpha value is -3.95. The number of fused-ring (bicyclic) bond motifs is 1. The molecule has 0 aromatic heterocycles. The first-order valence-corrected chi connectivity index (χ1v) is 10.1. The third-order valence-corrected chi connectivity index (χ3v) is 4.57. The number of rotatable bonds is 8. The van der Waals surface area contributed by atoms with Crippen molar-refractivity contribution in [2.75, 3.05) is 23.4 Å². The molecule has 2 amide bonds. The summed E-state index contributed by atoms with van der Waals surface area (Å²) in [5.74, 6) is -1.73. The number of carbonyl (C=O) groups excluding carboxylic acids is 3. The van der Waals surface area contributed by atoms with Gasteiger partial charge < -0.3 is 19.5 Å². The summed E-state index contributed by atoms with van der Waals surface area (Å²) in [5, 5.41) is 2.68. The zero-order chi connectivity index (χ0) is 24.0. The fraction of sp³-hybridized carbons (Fsp3) is 0.261. The Kier molecular flexibility index (Phi) is 7.60. The predicted octanol–water partition coefficient (Wildman–Crippen LogP) is 3.62. The minimum absolute atomic E-state index is 0.0962. The molecule has 1 aliphatic rings. The van der Waals surface area contributed by atoms with Crippen LogP contribution in [0.4, 0.5) is 20.2 Å². The molecule has 1 heterocycles. The molecule has 0 aliphatic carbocycles. The Labute approximate surface area is 188 Å². The lowest BCUT2D eigenvalue weighted by Gasteiger charge is -2.30. The van der Waals surface area contributed by atoms with Crippen LogP contribution in [-0.4, -0.2) is 43.7 Å². The van der Waals surface area contributed by atoms with Crippen molar-refractivity contribution >= 4 is 35.2 Å². The largest absolute Gasteiger partial charge is 0.490 e. The molecule has 0 bridgehead atoms. The first-order valence-electron chi connectivity index (χ1n) is 10.1. The van der Waals surface area contributed by atoms with Crippen LogP contribution >= 0.6 is 0 Å². The van der Waals surface area contributed by atoms with Gasteiger partial charge in [0, 0.05) is 6.08 Å². The highest BCUT2D eigenvalue weighted by Crippen LogP contribution is 2.31. The highest BCUT2D eigenvalue weighted by molar-refractivity contribution is 6.11. The van der Waals surface area contributed by atoms with Crippen LogP contribution in [0.1, 0.15) is 19.4 Å². The fourth-order valence-electron chi connectivity index (χ4n) is 3.17. The van der Waals surface area contributed by atoms with Crippen LogP contribution in [0, 0.1) is 0 Å². The van der Waals surface area contributed by atoms with E-state index < -0.39 is 24.6 Å². The highest BCUT2D eigenvalue weighted by Gasteiger charge is 2.31. The molecular formula is C23H22F2N2O6. The number of nitrogens with zero attached hydrogens (tertiary/aromatic N) is 1. The highest BCUT2D eigenvalue weighted by atomic mass is 19.3. The van der Waals surface area contributed by atoms with E-state index in [1.165, 1.54) is 36.1 Å². The van der Waals surface area contributed by atoms with Crippen LogP contribution in [-0.2, 0) is 19.1 Å². The zero-order valence-corrected chi connectivity index (χ0v) is 17.9. The maximum Gasteiger partial charge on any atom is 0.387 e. The van der Waals surface area contributed by atoms with Gasteiger partial charge in [0.05, 0.1) is 18.0 Å². The molecule has 0 unspecified atom stereocenters. The second-order valence-corrected chi connectivity index (χ2v) is 6.92. The molecule has 8 nitrogen and oxygen atoms in total. The van der Waals surface area contributed by atoms with Gasteiger partial charge in [0.2, 0.25) is 5.91 Å². The van der Waals surface area contributed by atoms with Crippen molar-refractivity contribution in [1.82, 2.24) is 0 Å². The van der Waals surface area contributed by atoms with Crippen molar-refractivity contribution in [3.05, 3.63) is 54.1 Å². The third-order valence-electron chi connectivity index (χ3n) is 4.57. The molecule has 174 valence electrons. The summed E-state index contributed by atoms with van der Waals surface area (Å²) in [6.45, 7) is 0.131. The molecule has 0 fully saturated rings. The van der Waals surface area contributed by atoms with Crippen LogP contribution < -0.4 is 19.7 Å². The average Bonchev–Trinajstić information content (AvgIpc) is 2.78. The Bertz CT molecular complexity index is 1070. The van der Waals surface area contributed by atoms with Crippen molar-refractivity contribution < 1.29 is 37.4 Å². The molecule has 1 N–H and O–H groups in total. The number of halogens is 2. The smallest absolute Gasteiger partial charge is 0.387 e. The van der Waals surface area contributed by atoms with Gasteiger partial charge in [0.15, 0.2) is 17.6 Å². The third kappa shape index (κ3) is 6.06. The van der Waals surface area contributed by atoms with Gasteiger partial charge in [-0.2, -0.15) is 8.78 Å². The van der Waals surface area contributed by atoms with Crippen molar-refractivity contribution in [2.45, 2.75) is 26.6 Å². The SMILES string of the molecule is CCOc1cc(/C=C/C(=O)O[C@@H](C)C(=O)N2CC(=O)Nc3ccccc32)ccc1OC(F)F. The molecule has 33 heavy (non-hydrogen) atoms. The quantitative estimate of drug-likeness (QED) is 0.478.